The molecule has 1 heteroatoms. The van der Waals surface area contributed by atoms with Crippen LogP contribution in [0.4, 0.5) is 0 Å². The minimum absolute atomic E-state index is 0.500. The van der Waals surface area contributed by atoms with Crippen molar-refractivity contribution in [3.05, 3.63) is 35.4 Å². The van der Waals surface area contributed by atoms with Gasteiger partial charge in [-0.2, -0.15) is 0 Å². The normalized spacial score (nSPS) is 19.0. The summed E-state index contributed by atoms with van der Waals surface area (Å²) in [6, 6.07) is 10.0. The zero-order valence-electron chi connectivity index (χ0n) is 9.09. The van der Waals surface area contributed by atoms with Crippen molar-refractivity contribution in [3.8, 4) is 0 Å². The Morgan fingerprint density at radius 1 is 1.36 bits per heavy atom. The van der Waals surface area contributed by atoms with Gasteiger partial charge < -0.3 is 5.32 Å². The Morgan fingerprint density at radius 3 is 2.71 bits per heavy atom. The molecule has 1 aromatic rings. The van der Waals surface area contributed by atoms with E-state index < -0.39 is 0 Å². The number of rotatable bonds is 3. The second-order valence-electron chi connectivity index (χ2n) is 4.43. The van der Waals surface area contributed by atoms with Crippen LogP contribution in [0, 0.1) is 6.92 Å². The first-order chi connectivity index (χ1) is 6.75. The molecule has 1 saturated carbocycles. The lowest BCUT2D eigenvalue weighted by molar-refractivity contribution is 0.313. The first-order valence-corrected chi connectivity index (χ1v) is 5.58. The summed E-state index contributed by atoms with van der Waals surface area (Å²) < 4.78 is 0. The number of hydrogen-bond donors (Lipinski definition) is 1. The van der Waals surface area contributed by atoms with Crippen LogP contribution in [-0.4, -0.2) is 6.04 Å². The Bertz CT molecular complexity index is 302. The van der Waals surface area contributed by atoms with Gasteiger partial charge in [0, 0.05) is 12.1 Å². The molecule has 0 amide bonds. The van der Waals surface area contributed by atoms with Crippen molar-refractivity contribution in [2.75, 3.05) is 0 Å². The zero-order chi connectivity index (χ0) is 9.97. The van der Waals surface area contributed by atoms with Gasteiger partial charge in [0.1, 0.15) is 0 Å². The quantitative estimate of drug-likeness (QED) is 0.770. The molecule has 1 atom stereocenters. The molecule has 0 spiro atoms. The summed E-state index contributed by atoms with van der Waals surface area (Å²) in [5, 5.41) is 3.66. The minimum atomic E-state index is 0.500. The average Bonchev–Trinajstić information content (AvgIpc) is 2.11. The van der Waals surface area contributed by atoms with E-state index in [0.29, 0.717) is 6.04 Å². The van der Waals surface area contributed by atoms with Gasteiger partial charge in [0.2, 0.25) is 0 Å². The highest BCUT2D eigenvalue weighted by Crippen LogP contribution is 2.22. The van der Waals surface area contributed by atoms with E-state index in [1.165, 1.54) is 30.4 Å². The molecule has 1 aliphatic rings. The van der Waals surface area contributed by atoms with Crippen LogP contribution in [0.15, 0.2) is 24.3 Å². The van der Waals surface area contributed by atoms with Crippen molar-refractivity contribution in [2.45, 2.75) is 45.2 Å². The predicted molar refractivity (Wildman–Crippen MR) is 60.4 cm³/mol. The van der Waals surface area contributed by atoms with Crippen LogP contribution in [0.1, 0.15) is 43.4 Å². The summed E-state index contributed by atoms with van der Waals surface area (Å²) in [7, 11) is 0. The van der Waals surface area contributed by atoms with Gasteiger partial charge in [-0.15, -0.1) is 0 Å². The standard InChI is InChI=1S/C13H19N/c1-10-5-3-6-12(9-10)11(2)14-13-7-4-8-13/h3,5-6,9,11,13-14H,4,7-8H2,1-2H3. The Kier molecular flexibility index (Phi) is 2.87. The van der Waals surface area contributed by atoms with Gasteiger partial charge in [-0.05, 0) is 32.3 Å². The Balaban J connectivity index is 1.98. The smallest absolute Gasteiger partial charge is 0.0294 e. The third kappa shape index (κ3) is 2.16. The van der Waals surface area contributed by atoms with Crippen LogP contribution in [0.25, 0.3) is 0 Å². The van der Waals surface area contributed by atoms with Gasteiger partial charge in [0.25, 0.3) is 0 Å². The zero-order valence-corrected chi connectivity index (χ0v) is 9.09. The van der Waals surface area contributed by atoms with Crippen LogP contribution in [0.5, 0.6) is 0 Å². The highest BCUT2D eigenvalue weighted by atomic mass is 15.0. The molecule has 2 rings (SSSR count). The first-order valence-electron chi connectivity index (χ1n) is 5.58. The van der Waals surface area contributed by atoms with Crippen molar-refractivity contribution in [2.24, 2.45) is 0 Å². The second kappa shape index (κ2) is 4.14. The van der Waals surface area contributed by atoms with E-state index in [4.69, 9.17) is 0 Å². The van der Waals surface area contributed by atoms with E-state index >= 15 is 0 Å². The lowest BCUT2D eigenvalue weighted by atomic mass is 9.91. The summed E-state index contributed by atoms with van der Waals surface area (Å²) in [6.07, 6.45) is 4.12. The molecule has 1 N–H and O–H groups in total. The van der Waals surface area contributed by atoms with Crippen molar-refractivity contribution in [1.29, 1.82) is 0 Å². The lowest BCUT2D eigenvalue weighted by Crippen LogP contribution is -2.36. The van der Waals surface area contributed by atoms with E-state index in [-0.39, 0.29) is 0 Å². The van der Waals surface area contributed by atoms with Crippen LogP contribution in [0.2, 0.25) is 0 Å². The van der Waals surface area contributed by atoms with Gasteiger partial charge in [-0.3, -0.25) is 0 Å². The maximum absolute atomic E-state index is 3.66. The highest BCUT2D eigenvalue weighted by Gasteiger charge is 2.19. The second-order valence-corrected chi connectivity index (χ2v) is 4.43. The fourth-order valence-corrected chi connectivity index (χ4v) is 1.96. The maximum Gasteiger partial charge on any atom is 0.0294 e. The maximum atomic E-state index is 3.66. The van der Waals surface area contributed by atoms with Crippen LogP contribution >= 0.6 is 0 Å². The van der Waals surface area contributed by atoms with Crippen molar-refractivity contribution < 1.29 is 0 Å². The highest BCUT2D eigenvalue weighted by molar-refractivity contribution is 5.24. The molecule has 0 aliphatic heterocycles. The van der Waals surface area contributed by atoms with Gasteiger partial charge in [0.05, 0.1) is 0 Å². The molecule has 0 saturated heterocycles. The molecular weight excluding hydrogens is 170 g/mol. The monoisotopic (exact) mass is 189 g/mol. The molecule has 76 valence electrons. The summed E-state index contributed by atoms with van der Waals surface area (Å²) >= 11 is 0. The van der Waals surface area contributed by atoms with E-state index in [1.807, 2.05) is 0 Å². The van der Waals surface area contributed by atoms with Gasteiger partial charge in [-0.1, -0.05) is 36.2 Å². The Morgan fingerprint density at radius 2 is 2.14 bits per heavy atom. The van der Waals surface area contributed by atoms with E-state index in [1.54, 1.807) is 0 Å². The van der Waals surface area contributed by atoms with Crippen LogP contribution in [0.3, 0.4) is 0 Å². The summed E-state index contributed by atoms with van der Waals surface area (Å²) in [6.45, 7) is 4.41. The molecule has 0 heterocycles. The number of aryl methyl sites for hydroxylation is 1. The molecule has 14 heavy (non-hydrogen) atoms. The summed E-state index contributed by atoms with van der Waals surface area (Å²) in [5.41, 5.74) is 2.77. The molecule has 0 bridgehead atoms. The van der Waals surface area contributed by atoms with Gasteiger partial charge in [0.15, 0.2) is 0 Å². The molecular formula is C13H19N. The molecule has 1 unspecified atom stereocenters. The fraction of sp³-hybridized carbons (Fsp3) is 0.538. The number of benzene rings is 1. The molecule has 1 fully saturated rings. The van der Waals surface area contributed by atoms with Crippen LogP contribution < -0.4 is 5.32 Å². The third-order valence-corrected chi connectivity index (χ3v) is 3.13. The summed E-state index contributed by atoms with van der Waals surface area (Å²) in [5.74, 6) is 0. The average molecular weight is 189 g/mol. The molecule has 1 aliphatic carbocycles. The van der Waals surface area contributed by atoms with Gasteiger partial charge >= 0.3 is 0 Å². The van der Waals surface area contributed by atoms with Crippen molar-refractivity contribution >= 4 is 0 Å². The van der Waals surface area contributed by atoms with Crippen molar-refractivity contribution in [3.63, 3.8) is 0 Å². The van der Waals surface area contributed by atoms with E-state index in [9.17, 15) is 0 Å². The molecule has 0 radical (unpaired) electrons. The van der Waals surface area contributed by atoms with E-state index in [2.05, 4.69) is 43.4 Å². The van der Waals surface area contributed by atoms with Crippen LogP contribution in [-0.2, 0) is 0 Å². The molecule has 0 aromatic heterocycles. The predicted octanol–water partition coefficient (Wildman–Crippen LogP) is 3.20. The first kappa shape index (κ1) is 9.72. The Labute approximate surface area is 86.5 Å². The largest absolute Gasteiger partial charge is 0.307 e. The number of hydrogen-bond acceptors (Lipinski definition) is 1. The minimum Gasteiger partial charge on any atom is -0.307 e. The topological polar surface area (TPSA) is 12.0 Å². The lowest BCUT2D eigenvalue weighted by Gasteiger charge is -2.30. The van der Waals surface area contributed by atoms with E-state index in [0.717, 1.165) is 6.04 Å². The fourth-order valence-electron chi connectivity index (χ4n) is 1.96. The molecule has 1 nitrogen and oxygen atoms in total. The summed E-state index contributed by atoms with van der Waals surface area (Å²) in [4.78, 5) is 0. The SMILES string of the molecule is Cc1cccc(C(C)NC2CCC2)c1. The van der Waals surface area contributed by atoms with Gasteiger partial charge in [-0.25, -0.2) is 0 Å². The Hall–Kier alpha value is -0.820. The number of nitrogens with one attached hydrogen (secondary N) is 1. The van der Waals surface area contributed by atoms with Crippen molar-refractivity contribution in [1.82, 2.24) is 5.32 Å². The third-order valence-electron chi connectivity index (χ3n) is 3.13. The molecule has 1 aromatic carbocycles.